The van der Waals surface area contributed by atoms with Crippen LogP contribution in [0.15, 0.2) is 72.8 Å². The largest absolute Gasteiger partial charge is 0.478 e. The monoisotopic (exact) mass is 296 g/mol. The lowest BCUT2D eigenvalue weighted by Crippen LogP contribution is -1.85. The lowest BCUT2D eigenvalue weighted by atomic mass is 10.2. The standard InChI is InChI=1S/2C9H8O2/c2*10-9(11)7-6-8-4-2-1-3-5-8/h2*1-7H,(H,10,11)/b7-6+;. The zero-order valence-electron chi connectivity index (χ0n) is 11.8. The topological polar surface area (TPSA) is 74.6 Å². The average Bonchev–Trinajstić information content (AvgIpc) is 2.53. The fraction of sp³-hybridized carbons (Fsp3) is 0. The van der Waals surface area contributed by atoms with E-state index in [4.69, 9.17) is 10.2 Å². The van der Waals surface area contributed by atoms with Crippen molar-refractivity contribution < 1.29 is 19.8 Å². The van der Waals surface area contributed by atoms with Crippen molar-refractivity contribution in [1.29, 1.82) is 0 Å². The molecular weight excluding hydrogens is 280 g/mol. The Morgan fingerprint density at radius 2 is 0.955 bits per heavy atom. The zero-order valence-corrected chi connectivity index (χ0v) is 11.8. The van der Waals surface area contributed by atoms with Gasteiger partial charge in [0.15, 0.2) is 0 Å². The van der Waals surface area contributed by atoms with Crippen LogP contribution in [0.2, 0.25) is 0 Å². The Kier molecular flexibility index (Phi) is 7.47. The number of rotatable bonds is 4. The third-order valence-corrected chi connectivity index (χ3v) is 2.44. The molecule has 112 valence electrons. The summed E-state index contributed by atoms with van der Waals surface area (Å²) in [6, 6.07) is 18.6. The highest BCUT2D eigenvalue weighted by atomic mass is 16.4. The van der Waals surface area contributed by atoms with E-state index < -0.39 is 11.9 Å². The fourth-order valence-electron chi connectivity index (χ4n) is 1.46. The molecule has 0 saturated heterocycles. The Bertz CT molecular complexity index is 584. The van der Waals surface area contributed by atoms with E-state index in [1.54, 1.807) is 12.2 Å². The normalized spacial score (nSPS) is 10.2. The molecule has 2 aromatic carbocycles. The predicted molar refractivity (Wildman–Crippen MR) is 86.2 cm³/mol. The van der Waals surface area contributed by atoms with Gasteiger partial charge in [0.25, 0.3) is 0 Å². The summed E-state index contributed by atoms with van der Waals surface area (Å²) in [5.74, 6) is -1.84. The van der Waals surface area contributed by atoms with Crippen molar-refractivity contribution in [3.8, 4) is 0 Å². The van der Waals surface area contributed by atoms with Crippen LogP contribution >= 0.6 is 0 Å². The van der Waals surface area contributed by atoms with E-state index >= 15 is 0 Å². The summed E-state index contributed by atoms with van der Waals surface area (Å²) in [5.41, 5.74) is 1.80. The number of carboxylic acids is 2. The highest BCUT2D eigenvalue weighted by Crippen LogP contribution is 2.00. The number of carboxylic acid groups (broad SMARTS) is 2. The third-order valence-electron chi connectivity index (χ3n) is 2.44. The molecule has 0 amide bonds. The summed E-state index contributed by atoms with van der Waals surface area (Å²) in [4.78, 5) is 20.2. The van der Waals surface area contributed by atoms with Crippen molar-refractivity contribution in [1.82, 2.24) is 0 Å². The summed E-state index contributed by atoms with van der Waals surface area (Å²) in [5, 5.41) is 16.6. The minimum atomic E-state index is -0.922. The molecule has 0 spiro atoms. The maximum atomic E-state index is 10.1. The van der Waals surface area contributed by atoms with Gasteiger partial charge < -0.3 is 10.2 Å². The van der Waals surface area contributed by atoms with Crippen molar-refractivity contribution >= 4 is 24.1 Å². The van der Waals surface area contributed by atoms with Crippen LogP contribution < -0.4 is 0 Å². The summed E-state index contributed by atoms with van der Waals surface area (Å²) < 4.78 is 0. The van der Waals surface area contributed by atoms with Crippen molar-refractivity contribution in [3.05, 3.63) is 83.9 Å². The maximum Gasteiger partial charge on any atom is 0.328 e. The molecule has 0 heterocycles. The lowest BCUT2D eigenvalue weighted by molar-refractivity contribution is -0.132. The van der Waals surface area contributed by atoms with Crippen LogP contribution in [-0.4, -0.2) is 22.2 Å². The summed E-state index contributed by atoms with van der Waals surface area (Å²) in [6.45, 7) is 0. The van der Waals surface area contributed by atoms with Gasteiger partial charge in [-0.25, -0.2) is 9.59 Å². The second-order valence-corrected chi connectivity index (χ2v) is 4.16. The van der Waals surface area contributed by atoms with E-state index in [1.165, 1.54) is 0 Å². The first-order valence-electron chi connectivity index (χ1n) is 6.50. The molecule has 0 aliphatic carbocycles. The Balaban J connectivity index is 0.000000220. The molecular formula is C18H16O4. The Morgan fingerprint density at radius 3 is 1.23 bits per heavy atom. The van der Waals surface area contributed by atoms with Gasteiger partial charge in [-0.05, 0) is 23.3 Å². The number of benzene rings is 2. The van der Waals surface area contributed by atoms with Crippen LogP contribution in [0.4, 0.5) is 0 Å². The molecule has 4 heteroatoms. The van der Waals surface area contributed by atoms with Crippen molar-refractivity contribution in [2.45, 2.75) is 0 Å². The van der Waals surface area contributed by atoms with Crippen LogP contribution in [0.25, 0.3) is 12.2 Å². The highest BCUT2D eigenvalue weighted by Gasteiger charge is 1.86. The molecule has 22 heavy (non-hydrogen) atoms. The van der Waals surface area contributed by atoms with Gasteiger partial charge in [0, 0.05) is 12.2 Å². The molecule has 0 atom stereocenters. The minimum absolute atomic E-state index is 0.898. The molecule has 0 saturated carbocycles. The van der Waals surface area contributed by atoms with E-state index in [0.717, 1.165) is 23.3 Å². The van der Waals surface area contributed by atoms with E-state index in [0.29, 0.717) is 0 Å². The van der Waals surface area contributed by atoms with Crippen LogP contribution in [-0.2, 0) is 9.59 Å². The van der Waals surface area contributed by atoms with Gasteiger partial charge in [0.1, 0.15) is 0 Å². The summed E-state index contributed by atoms with van der Waals surface area (Å²) in [7, 11) is 0. The van der Waals surface area contributed by atoms with Crippen LogP contribution in [0.1, 0.15) is 11.1 Å². The zero-order chi connectivity index (χ0) is 16.2. The van der Waals surface area contributed by atoms with E-state index in [2.05, 4.69) is 0 Å². The molecule has 0 bridgehead atoms. The van der Waals surface area contributed by atoms with Crippen molar-refractivity contribution in [3.63, 3.8) is 0 Å². The third kappa shape index (κ3) is 8.12. The Morgan fingerprint density at radius 1 is 0.636 bits per heavy atom. The molecule has 0 aliphatic heterocycles. The molecule has 4 nitrogen and oxygen atoms in total. The van der Waals surface area contributed by atoms with Crippen LogP contribution in [0.5, 0.6) is 0 Å². The van der Waals surface area contributed by atoms with Crippen molar-refractivity contribution in [2.24, 2.45) is 0 Å². The first kappa shape index (κ1) is 16.9. The van der Waals surface area contributed by atoms with Gasteiger partial charge in [0.2, 0.25) is 0 Å². The smallest absolute Gasteiger partial charge is 0.328 e. The SMILES string of the molecule is O=C(O)/C=C/c1ccccc1.O=C(O)C=Cc1ccccc1. The number of hydrogen-bond donors (Lipinski definition) is 2. The second kappa shape index (κ2) is 9.72. The summed E-state index contributed by atoms with van der Waals surface area (Å²) in [6.07, 6.45) is 5.36. The molecule has 2 aromatic rings. The average molecular weight is 296 g/mol. The van der Waals surface area contributed by atoms with Crippen LogP contribution in [0.3, 0.4) is 0 Å². The lowest BCUT2D eigenvalue weighted by Gasteiger charge is -1.87. The quantitative estimate of drug-likeness (QED) is 0.846. The second-order valence-electron chi connectivity index (χ2n) is 4.16. The maximum absolute atomic E-state index is 10.1. The van der Waals surface area contributed by atoms with Gasteiger partial charge in [0.05, 0.1) is 0 Å². The van der Waals surface area contributed by atoms with Gasteiger partial charge in [-0.3, -0.25) is 0 Å². The minimum Gasteiger partial charge on any atom is -0.478 e. The highest BCUT2D eigenvalue weighted by molar-refractivity contribution is 5.85. The fourth-order valence-corrected chi connectivity index (χ4v) is 1.46. The van der Waals surface area contributed by atoms with Gasteiger partial charge in [-0.2, -0.15) is 0 Å². The van der Waals surface area contributed by atoms with Crippen molar-refractivity contribution in [2.75, 3.05) is 0 Å². The Hall–Kier alpha value is -3.14. The first-order valence-corrected chi connectivity index (χ1v) is 6.50. The molecule has 0 unspecified atom stereocenters. The molecule has 0 aromatic heterocycles. The molecule has 0 aliphatic rings. The predicted octanol–water partition coefficient (Wildman–Crippen LogP) is 3.57. The molecule has 2 N–H and O–H groups in total. The summed E-state index contributed by atoms with van der Waals surface area (Å²) >= 11 is 0. The number of hydrogen-bond acceptors (Lipinski definition) is 2. The van der Waals surface area contributed by atoms with Gasteiger partial charge in [-0.15, -0.1) is 0 Å². The Labute approximate surface area is 128 Å². The van der Waals surface area contributed by atoms with Gasteiger partial charge >= 0.3 is 11.9 Å². The van der Waals surface area contributed by atoms with E-state index in [-0.39, 0.29) is 0 Å². The van der Waals surface area contributed by atoms with Crippen LogP contribution in [0, 0.1) is 0 Å². The number of aliphatic carboxylic acids is 2. The molecule has 2 rings (SSSR count). The van der Waals surface area contributed by atoms with Gasteiger partial charge in [-0.1, -0.05) is 60.7 Å². The first-order chi connectivity index (χ1) is 10.6. The molecule has 0 radical (unpaired) electrons. The number of carbonyl (C=O) groups is 2. The van der Waals surface area contributed by atoms with E-state index in [9.17, 15) is 9.59 Å². The molecule has 0 fully saturated rings. The van der Waals surface area contributed by atoms with E-state index in [1.807, 2.05) is 60.7 Å².